The molecule has 0 aromatic rings. The first kappa shape index (κ1) is 15.4. The van der Waals surface area contributed by atoms with E-state index >= 15 is 0 Å². The van der Waals surface area contributed by atoms with Gasteiger partial charge in [0, 0.05) is 13.1 Å². The van der Waals surface area contributed by atoms with Gasteiger partial charge in [0.1, 0.15) is 5.92 Å². The summed E-state index contributed by atoms with van der Waals surface area (Å²) in [6.07, 6.45) is 1.31. The summed E-state index contributed by atoms with van der Waals surface area (Å²) in [4.78, 5) is 24.6. The Morgan fingerprint density at radius 3 is 2.41 bits per heavy atom. The van der Waals surface area contributed by atoms with E-state index in [0.29, 0.717) is 6.42 Å². The largest absolute Gasteiger partial charge is 0.352 e. The van der Waals surface area contributed by atoms with E-state index in [1.54, 1.807) is 7.05 Å². The Morgan fingerprint density at radius 1 is 1.41 bits per heavy atom. The number of carbonyl (C=O) groups excluding carboxylic acids is 2. The summed E-state index contributed by atoms with van der Waals surface area (Å²) < 4.78 is 0. The molecular weight excluding hydrogens is 218 g/mol. The number of nitriles is 1. The van der Waals surface area contributed by atoms with Crippen LogP contribution in [0.15, 0.2) is 0 Å². The minimum atomic E-state index is -0.642. The molecule has 0 aliphatic rings. The molecule has 2 amide bonds. The average molecular weight is 239 g/mol. The van der Waals surface area contributed by atoms with Crippen LogP contribution in [0.5, 0.6) is 0 Å². The second-order valence-electron chi connectivity index (χ2n) is 4.39. The second kappa shape index (κ2) is 7.66. The van der Waals surface area contributed by atoms with E-state index in [1.165, 1.54) is 4.90 Å². The SMILES string of the molecule is CCCC(C#N)C(=O)N(C)CC(=O)NC(C)C. The molecule has 1 unspecified atom stereocenters. The molecule has 0 fully saturated rings. The molecule has 0 heterocycles. The zero-order valence-corrected chi connectivity index (χ0v) is 11.0. The zero-order valence-electron chi connectivity index (χ0n) is 11.0. The van der Waals surface area contributed by atoms with Gasteiger partial charge in [-0.05, 0) is 20.3 Å². The van der Waals surface area contributed by atoms with Crippen molar-refractivity contribution >= 4 is 11.8 Å². The summed E-state index contributed by atoms with van der Waals surface area (Å²) in [6.45, 7) is 5.63. The Morgan fingerprint density at radius 2 is 2.00 bits per heavy atom. The Bertz CT molecular complexity index is 307. The Labute approximate surface area is 103 Å². The molecule has 0 aliphatic carbocycles. The number of hydrogen-bond donors (Lipinski definition) is 1. The van der Waals surface area contributed by atoms with Crippen molar-refractivity contribution in [3.63, 3.8) is 0 Å². The van der Waals surface area contributed by atoms with Crippen LogP contribution in [0.25, 0.3) is 0 Å². The normalized spacial score (nSPS) is 11.8. The third kappa shape index (κ3) is 5.91. The van der Waals surface area contributed by atoms with Crippen LogP contribution >= 0.6 is 0 Å². The highest BCUT2D eigenvalue weighted by Crippen LogP contribution is 2.08. The number of hydrogen-bond acceptors (Lipinski definition) is 3. The summed E-state index contributed by atoms with van der Waals surface area (Å²) in [5.74, 6) is -1.13. The minimum Gasteiger partial charge on any atom is -0.352 e. The van der Waals surface area contributed by atoms with Crippen LogP contribution in [-0.4, -0.2) is 36.3 Å². The van der Waals surface area contributed by atoms with Gasteiger partial charge >= 0.3 is 0 Å². The molecule has 96 valence electrons. The number of likely N-dealkylation sites (N-methyl/N-ethyl adjacent to an activating group) is 1. The molecule has 0 rings (SSSR count). The van der Waals surface area contributed by atoms with Crippen LogP contribution in [0.2, 0.25) is 0 Å². The van der Waals surface area contributed by atoms with E-state index in [4.69, 9.17) is 5.26 Å². The number of nitrogens with one attached hydrogen (secondary N) is 1. The quantitative estimate of drug-likeness (QED) is 0.748. The van der Waals surface area contributed by atoms with Crippen molar-refractivity contribution in [1.82, 2.24) is 10.2 Å². The predicted octanol–water partition coefficient (Wildman–Crippen LogP) is 0.909. The van der Waals surface area contributed by atoms with Crippen molar-refractivity contribution in [1.29, 1.82) is 5.26 Å². The Kier molecular flexibility index (Phi) is 6.95. The first-order valence-corrected chi connectivity index (χ1v) is 5.86. The van der Waals surface area contributed by atoms with Gasteiger partial charge in [0.25, 0.3) is 0 Å². The predicted molar refractivity (Wildman–Crippen MR) is 64.9 cm³/mol. The molecule has 0 saturated heterocycles. The van der Waals surface area contributed by atoms with Crippen molar-refractivity contribution in [3.05, 3.63) is 0 Å². The lowest BCUT2D eigenvalue weighted by Gasteiger charge is -2.20. The molecule has 0 bridgehead atoms. The third-order valence-corrected chi connectivity index (χ3v) is 2.24. The minimum absolute atomic E-state index is 0.00108. The van der Waals surface area contributed by atoms with Gasteiger partial charge in [0.2, 0.25) is 11.8 Å². The fraction of sp³-hybridized carbons (Fsp3) is 0.750. The van der Waals surface area contributed by atoms with Crippen LogP contribution < -0.4 is 5.32 Å². The lowest BCUT2D eigenvalue weighted by atomic mass is 10.0. The summed E-state index contributed by atoms with van der Waals surface area (Å²) >= 11 is 0. The van der Waals surface area contributed by atoms with Crippen LogP contribution in [-0.2, 0) is 9.59 Å². The second-order valence-corrected chi connectivity index (χ2v) is 4.39. The third-order valence-electron chi connectivity index (χ3n) is 2.24. The monoisotopic (exact) mass is 239 g/mol. The Balaban J connectivity index is 4.31. The standard InChI is InChI=1S/C12H21N3O2/c1-5-6-10(7-13)12(17)15(4)8-11(16)14-9(2)3/h9-10H,5-6,8H2,1-4H3,(H,14,16). The summed E-state index contributed by atoms with van der Waals surface area (Å²) in [5.41, 5.74) is 0. The first-order valence-electron chi connectivity index (χ1n) is 5.86. The van der Waals surface area contributed by atoms with Crippen LogP contribution in [0.1, 0.15) is 33.6 Å². The van der Waals surface area contributed by atoms with Crippen molar-refractivity contribution < 1.29 is 9.59 Å². The summed E-state index contributed by atoms with van der Waals surface area (Å²) in [5, 5.41) is 11.6. The van der Waals surface area contributed by atoms with Crippen molar-refractivity contribution in [2.75, 3.05) is 13.6 Å². The number of nitrogens with zero attached hydrogens (tertiary/aromatic N) is 2. The zero-order chi connectivity index (χ0) is 13.4. The molecule has 0 aromatic carbocycles. The molecule has 1 N–H and O–H groups in total. The van der Waals surface area contributed by atoms with E-state index in [1.807, 2.05) is 26.8 Å². The fourth-order valence-corrected chi connectivity index (χ4v) is 1.46. The number of rotatable bonds is 6. The first-order chi connectivity index (χ1) is 7.92. The molecule has 0 saturated carbocycles. The van der Waals surface area contributed by atoms with E-state index in [9.17, 15) is 9.59 Å². The van der Waals surface area contributed by atoms with Gasteiger partial charge < -0.3 is 10.2 Å². The van der Waals surface area contributed by atoms with Crippen molar-refractivity contribution in [2.45, 2.75) is 39.7 Å². The molecule has 1 atom stereocenters. The highest BCUT2D eigenvalue weighted by atomic mass is 16.2. The average Bonchev–Trinajstić information content (AvgIpc) is 2.23. The topological polar surface area (TPSA) is 73.2 Å². The van der Waals surface area contributed by atoms with Crippen LogP contribution in [0.4, 0.5) is 0 Å². The maximum absolute atomic E-state index is 11.8. The van der Waals surface area contributed by atoms with Crippen LogP contribution in [0.3, 0.4) is 0 Å². The van der Waals surface area contributed by atoms with Crippen molar-refractivity contribution in [3.8, 4) is 6.07 Å². The highest BCUT2D eigenvalue weighted by molar-refractivity contribution is 5.86. The molecule has 5 heteroatoms. The van der Waals surface area contributed by atoms with Gasteiger partial charge in [0.05, 0.1) is 12.6 Å². The Hall–Kier alpha value is -1.57. The van der Waals surface area contributed by atoms with Crippen molar-refractivity contribution in [2.24, 2.45) is 5.92 Å². The molecule has 0 aromatic heterocycles. The lowest BCUT2D eigenvalue weighted by Crippen LogP contribution is -2.42. The number of carbonyl (C=O) groups is 2. The van der Waals surface area contributed by atoms with E-state index in [-0.39, 0.29) is 24.4 Å². The highest BCUT2D eigenvalue weighted by Gasteiger charge is 2.22. The lowest BCUT2D eigenvalue weighted by molar-refractivity contribution is -0.136. The van der Waals surface area contributed by atoms with Gasteiger partial charge in [-0.25, -0.2) is 0 Å². The van der Waals surface area contributed by atoms with E-state index in [0.717, 1.165) is 6.42 Å². The van der Waals surface area contributed by atoms with E-state index in [2.05, 4.69) is 5.32 Å². The molecule has 0 radical (unpaired) electrons. The molecule has 0 spiro atoms. The fourth-order valence-electron chi connectivity index (χ4n) is 1.46. The van der Waals surface area contributed by atoms with Gasteiger partial charge in [-0.3, -0.25) is 9.59 Å². The van der Waals surface area contributed by atoms with Gasteiger partial charge in [-0.15, -0.1) is 0 Å². The maximum atomic E-state index is 11.8. The smallest absolute Gasteiger partial charge is 0.240 e. The summed E-state index contributed by atoms with van der Waals surface area (Å²) in [6, 6.07) is 2.02. The maximum Gasteiger partial charge on any atom is 0.240 e. The van der Waals surface area contributed by atoms with Gasteiger partial charge in [-0.1, -0.05) is 13.3 Å². The van der Waals surface area contributed by atoms with Gasteiger partial charge in [0.15, 0.2) is 0 Å². The van der Waals surface area contributed by atoms with Crippen LogP contribution in [0, 0.1) is 17.2 Å². The van der Waals surface area contributed by atoms with Gasteiger partial charge in [-0.2, -0.15) is 5.26 Å². The number of amides is 2. The summed E-state index contributed by atoms with van der Waals surface area (Å²) in [7, 11) is 1.54. The molecular formula is C12H21N3O2. The molecule has 0 aliphatic heterocycles. The molecule has 5 nitrogen and oxygen atoms in total. The molecule has 17 heavy (non-hydrogen) atoms. The van der Waals surface area contributed by atoms with E-state index < -0.39 is 5.92 Å².